The SMILES string of the molecule is O=C(CCCl)Nc1ccc(C2OCCO2)cc1. The Morgan fingerprint density at radius 1 is 1.29 bits per heavy atom. The van der Waals surface area contributed by atoms with Gasteiger partial charge < -0.3 is 14.8 Å². The van der Waals surface area contributed by atoms with E-state index in [1.807, 2.05) is 24.3 Å². The van der Waals surface area contributed by atoms with E-state index in [4.69, 9.17) is 21.1 Å². The lowest BCUT2D eigenvalue weighted by Gasteiger charge is -2.10. The normalized spacial score (nSPS) is 16.1. The summed E-state index contributed by atoms with van der Waals surface area (Å²) in [6, 6.07) is 7.41. The molecule has 1 aliphatic heterocycles. The van der Waals surface area contributed by atoms with Crippen molar-refractivity contribution in [1.82, 2.24) is 0 Å². The Labute approximate surface area is 105 Å². The molecular weight excluding hydrogens is 242 g/mol. The van der Waals surface area contributed by atoms with E-state index in [1.54, 1.807) is 0 Å². The minimum Gasteiger partial charge on any atom is -0.346 e. The van der Waals surface area contributed by atoms with Crippen molar-refractivity contribution >= 4 is 23.2 Å². The molecule has 5 heteroatoms. The summed E-state index contributed by atoms with van der Waals surface area (Å²) >= 11 is 5.48. The minimum atomic E-state index is -0.275. The van der Waals surface area contributed by atoms with Crippen LogP contribution >= 0.6 is 11.6 Å². The van der Waals surface area contributed by atoms with Gasteiger partial charge in [0.15, 0.2) is 6.29 Å². The quantitative estimate of drug-likeness (QED) is 0.840. The van der Waals surface area contributed by atoms with E-state index < -0.39 is 0 Å². The number of benzene rings is 1. The van der Waals surface area contributed by atoms with E-state index in [0.717, 1.165) is 11.3 Å². The van der Waals surface area contributed by atoms with Gasteiger partial charge in [0.1, 0.15) is 0 Å². The zero-order chi connectivity index (χ0) is 12.1. The van der Waals surface area contributed by atoms with Gasteiger partial charge in [-0.1, -0.05) is 12.1 Å². The molecule has 0 aromatic heterocycles. The van der Waals surface area contributed by atoms with Gasteiger partial charge in [-0.2, -0.15) is 0 Å². The highest BCUT2D eigenvalue weighted by atomic mass is 35.5. The summed E-state index contributed by atoms with van der Waals surface area (Å²) < 4.78 is 10.7. The summed E-state index contributed by atoms with van der Waals surface area (Å²) in [5.41, 5.74) is 1.71. The highest BCUT2D eigenvalue weighted by Crippen LogP contribution is 2.24. The second-order valence-corrected chi connectivity index (χ2v) is 4.06. The maximum atomic E-state index is 11.3. The van der Waals surface area contributed by atoms with Crippen molar-refractivity contribution in [2.24, 2.45) is 0 Å². The molecule has 1 aromatic carbocycles. The van der Waals surface area contributed by atoms with Crippen LogP contribution < -0.4 is 5.32 Å². The van der Waals surface area contributed by atoms with Crippen LogP contribution in [0.3, 0.4) is 0 Å². The van der Waals surface area contributed by atoms with Gasteiger partial charge in [0.2, 0.25) is 5.91 Å². The first kappa shape index (κ1) is 12.4. The van der Waals surface area contributed by atoms with Crippen LogP contribution in [-0.2, 0) is 14.3 Å². The third-order valence-corrected chi connectivity index (χ3v) is 2.60. The fraction of sp³-hybridized carbons (Fsp3) is 0.417. The number of hydrogen-bond donors (Lipinski definition) is 1. The Morgan fingerprint density at radius 2 is 1.94 bits per heavy atom. The van der Waals surface area contributed by atoms with Gasteiger partial charge >= 0.3 is 0 Å². The maximum absolute atomic E-state index is 11.3. The molecule has 0 bridgehead atoms. The van der Waals surface area contributed by atoms with Crippen molar-refractivity contribution in [1.29, 1.82) is 0 Å². The summed E-state index contributed by atoms with van der Waals surface area (Å²) in [5.74, 6) is 0.245. The van der Waals surface area contributed by atoms with Gasteiger partial charge in [-0.3, -0.25) is 4.79 Å². The van der Waals surface area contributed by atoms with Crippen LogP contribution in [0.2, 0.25) is 0 Å². The topological polar surface area (TPSA) is 47.6 Å². The number of rotatable bonds is 4. The first-order valence-corrected chi connectivity index (χ1v) is 6.02. The molecule has 0 saturated carbocycles. The molecule has 1 aliphatic rings. The van der Waals surface area contributed by atoms with E-state index in [0.29, 0.717) is 25.5 Å². The summed E-state index contributed by atoms with van der Waals surface area (Å²) in [5, 5.41) is 2.76. The molecule has 0 radical (unpaired) electrons. The number of hydrogen-bond acceptors (Lipinski definition) is 3. The van der Waals surface area contributed by atoms with Crippen molar-refractivity contribution in [2.75, 3.05) is 24.4 Å². The van der Waals surface area contributed by atoms with Crippen LogP contribution in [0.25, 0.3) is 0 Å². The molecule has 1 aromatic rings. The lowest BCUT2D eigenvalue weighted by atomic mass is 10.2. The number of carbonyl (C=O) groups is 1. The molecule has 0 spiro atoms. The Morgan fingerprint density at radius 3 is 2.53 bits per heavy atom. The van der Waals surface area contributed by atoms with Gasteiger partial charge in [-0.25, -0.2) is 0 Å². The first-order valence-electron chi connectivity index (χ1n) is 5.48. The standard InChI is InChI=1S/C12H14ClNO3/c13-6-5-11(15)14-10-3-1-9(2-4-10)12-16-7-8-17-12/h1-4,12H,5-8H2,(H,14,15). The predicted molar refractivity (Wildman–Crippen MR) is 65.1 cm³/mol. The number of anilines is 1. The lowest BCUT2D eigenvalue weighted by molar-refractivity contribution is -0.115. The third-order valence-electron chi connectivity index (χ3n) is 2.41. The summed E-state index contributed by atoms with van der Waals surface area (Å²) in [4.78, 5) is 11.3. The zero-order valence-corrected chi connectivity index (χ0v) is 10.1. The average Bonchev–Trinajstić information content (AvgIpc) is 2.84. The summed E-state index contributed by atoms with van der Waals surface area (Å²) in [6.45, 7) is 1.25. The number of alkyl halides is 1. The molecule has 4 nitrogen and oxygen atoms in total. The van der Waals surface area contributed by atoms with E-state index in [1.165, 1.54) is 0 Å². The van der Waals surface area contributed by atoms with Crippen molar-refractivity contribution < 1.29 is 14.3 Å². The average molecular weight is 256 g/mol. The van der Waals surface area contributed by atoms with Crippen molar-refractivity contribution in [2.45, 2.75) is 12.7 Å². The number of carbonyl (C=O) groups excluding carboxylic acids is 1. The van der Waals surface area contributed by atoms with Crippen molar-refractivity contribution in [3.63, 3.8) is 0 Å². The molecular formula is C12H14ClNO3. The van der Waals surface area contributed by atoms with Crippen molar-refractivity contribution in [3.05, 3.63) is 29.8 Å². The van der Waals surface area contributed by atoms with E-state index in [9.17, 15) is 4.79 Å². The van der Waals surface area contributed by atoms with Gasteiger partial charge in [0.25, 0.3) is 0 Å². The maximum Gasteiger partial charge on any atom is 0.225 e. The Kier molecular flexibility index (Phi) is 4.36. The van der Waals surface area contributed by atoms with Crippen LogP contribution in [-0.4, -0.2) is 25.0 Å². The fourth-order valence-corrected chi connectivity index (χ4v) is 1.76. The molecule has 92 valence electrons. The molecule has 0 unspecified atom stereocenters. The van der Waals surface area contributed by atoms with E-state index in [2.05, 4.69) is 5.32 Å². The smallest absolute Gasteiger partial charge is 0.225 e. The van der Waals surface area contributed by atoms with Gasteiger partial charge in [0.05, 0.1) is 13.2 Å². The van der Waals surface area contributed by atoms with Crippen LogP contribution in [0.15, 0.2) is 24.3 Å². The van der Waals surface area contributed by atoms with E-state index >= 15 is 0 Å². The Hall–Kier alpha value is -1.10. The fourth-order valence-electron chi connectivity index (χ4n) is 1.58. The molecule has 1 fully saturated rings. The monoisotopic (exact) mass is 255 g/mol. The number of amides is 1. The van der Waals surface area contributed by atoms with Crippen LogP contribution in [0.4, 0.5) is 5.69 Å². The lowest BCUT2D eigenvalue weighted by Crippen LogP contribution is -2.11. The van der Waals surface area contributed by atoms with Crippen LogP contribution in [0.5, 0.6) is 0 Å². The largest absolute Gasteiger partial charge is 0.346 e. The molecule has 2 rings (SSSR count). The molecule has 0 aliphatic carbocycles. The van der Waals surface area contributed by atoms with Crippen LogP contribution in [0.1, 0.15) is 18.3 Å². The Balaban J connectivity index is 1.95. The molecule has 1 heterocycles. The van der Waals surface area contributed by atoms with Crippen LogP contribution in [0, 0.1) is 0 Å². The van der Waals surface area contributed by atoms with E-state index in [-0.39, 0.29) is 12.2 Å². The Bertz CT molecular complexity index is 374. The highest BCUT2D eigenvalue weighted by molar-refractivity contribution is 6.19. The molecule has 1 N–H and O–H groups in total. The molecule has 1 saturated heterocycles. The molecule has 17 heavy (non-hydrogen) atoms. The summed E-state index contributed by atoms with van der Waals surface area (Å²) in [6.07, 6.45) is 0.0422. The van der Waals surface area contributed by atoms with Gasteiger partial charge in [-0.05, 0) is 12.1 Å². The second kappa shape index (κ2) is 6.00. The molecule has 0 atom stereocenters. The predicted octanol–water partition coefficient (Wildman–Crippen LogP) is 2.30. The van der Waals surface area contributed by atoms with Crippen molar-refractivity contribution in [3.8, 4) is 0 Å². The molecule has 1 amide bonds. The number of halogens is 1. The minimum absolute atomic E-state index is 0.0823. The number of nitrogens with one attached hydrogen (secondary N) is 1. The van der Waals surface area contributed by atoms with Gasteiger partial charge in [0, 0.05) is 23.6 Å². The van der Waals surface area contributed by atoms with Gasteiger partial charge in [-0.15, -0.1) is 11.6 Å². The third kappa shape index (κ3) is 3.43. The number of ether oxygens (including phenoxy) is 2. The zero-order valence-electron chi connectivity index (χ0n) is 9.32. The summed E-state index contributed by atoms with van der Waals surface area (Å²) in [7, 11) is 0. The second-order valence-electron chi connectivity index (χ2n) is 3.68. The first-order chi connectivity index (χ1) is 8.29. The highest BCUT2D eigenvalue weighted by Gasteiger charge is 2.17.